The number of nitrogens with one attached hydrogen (secondary N) is 1. The fraction of sp³-hybridized carbons (Fsp3) is 0.522. The van der Waals surface area contributed by atoms with Gasteiger partial charge in [0.1, 0.15) is 11.8 Å². The number of aliphatic imine (C=N–C) groups is 1. The predicted octanol–water partition coefficient (Wildman–Crippen LogP) is 4.30. The largest absolute Gasteiger partial charge is 0.449 e. The molecule has 162 valence electrons. The number of rotatable bonds is 3. The Morgan fingerprint density at radius 1 is 1.20 bits per heavy atom. The summed E-state index contributed by atoms with van der Waals surface area (Å²) in [6.07, 6.45) is 9.11. The van der Waals surface area contributed by atoms with Gasteiger partial charge in [0.25, 0.3) is 6.02 Å². The molecule has 1 aromatic heterocycles. The highest BCUT2D eigenvalue weighted by Gasteiger charge is 2.38. The molecule has 6 nitrogen and oxygen atoms in total. The lowest BCUT2D eigenvalue weighted by atomic mass is 9.99. The lowest BCUT2D eigenvalue weighted by Crippen LogP contribution is -2.28. The number of carbonyl (C=O) groups is 1. The van der Waals surface area contributed by atoms with Crippen LogP contribution in [0.25, 0.3) is 0 Å². The highest BCUT2D eigenvalue weighted by molar-refractivity contribution is 7.09. The molecule has 0 saturated carbocycles. The van der Waals surface area contributed by atoms with E-state index in [-0.39, 0.29) is 0 Å². The Bertz CT molecular complexity index is 848. The number of aromatic nitrogens is 1. The van der Waals surface area contributed by atoms with Crippen molar-refractivity contribution < 1.29 is 14.3 Å². The monoisotopic (exact) mass is 429 g/mol. The number of hydrogen-bond donors (Lipinski definition) is 1. The van der Waals surface area contributed by atoms with Crippen LogP contribution in [0.3, 0.4) is 0 Å². The minimum absolute atomic E-state index is 0.433. The molecule has 0 amide bonds. The van der Waals surface area contributed by atoms with Crippen LogP contribution in [0.5, 0.6) is 0 Å². The van der Waals surface area contributed by atoms with Crippen LogP contribution >= 0.6 is 11.3 Å². The smallest absolute Gasteiger partial charge is 0.290 e. The van der Waals surface area contributed by atoms with Crippen LogP contribution in [0.1, 0.15) is 54.0 Å². The van der Waals surface area contributed by atoms with Gasteiger partial charge in [0.05, 0.1) is 6.54 Å². The lowest BCUT2D eigenvalue weighted by Gasteiger charge is -2.22. The molecule has 3 aliphatic rings. The zero-order valence-electron chi connectivity index (χ0n) is 18.1. The van der Waals surface area contributed by atoms with E-state index in [2.05, 4.69) is 33.0 Å². The molecule has 1 N–H and O–H groups in total. The molecule has 0 spiro atoms. The Hall–Kier alpha value is -2.25. The third kappa shape index (κ3) is 4.57. The van der Waals surface area contributed by atoms with Crippen LogP contribution in [0, 0.1) is 0 Å². The SMILES string of the molecule is C=O.CC1(c2nccs2)CN=C(Nc2c3c(cc4c2CCC4)CCC3)O1.CCOC. The van der Waals surface area contributed by atoms with Gasteiger partial charge in [-0.3, -0.25) is 0 Å². The molecule has 0 bridgehead atoms. The summed E-state index contributed by atoms with van der Waals surface area (Å²) in [7, 11) is 1.68. The van der Waals surface area contributed by atoms with Crippen molar-refractivity contribution in [3.05, 3.63) is 44.9 Å². The van der Waals surface area contributed by atoms with E-state index < -0.39 is 5.60 Å². The summed E-state index contributed by atoms with van der Waals surface area (Å²) in [5.41, 5.74) is 6.89. The van der Waals surface area contributed by atoms with E-state index in [1.165, 1.54) is 66.5 Å². The number of amidine groups is 1. The van der Waals surface area contributed by atoms with Gasteiger partial charge in [-0.15, -0.1) is 11.3 Å². The maximum Gasteiger partial charge on any atom is 0.290 e. The van der Waals surface area contributed by atoms with E-state index in [0.717, 1.165) is 11.6 Å². The summed E-state index contributed by atoms with van der Waals surface area (Å²) < 4.78 is 10.7. The van der Waals surface area contributed by atoms with Gasteiger partial charge in [0.15, 0.2) is 5.60 Å². The Kier molecular flexibility index (Phi) is 7.61. The fourth-order valence-electron chi connectivity index (χ4n) is 4.24. The zero-order valence-corrected chi connectivity index (χ0v) is 18.9. The summed E-state index contributed by atoms with van der Waals surface area (Å²) in [6.45, 7) is 7.48. The fourth-order valence-corrected chi connectivity index (χ4v) is 4.96. The third-order valence-electron chi connectivity index (χ3n) is 5.72. The van der Waals surface area contributed by atoms with Crippen LogP contribution in [0.2, 0.25) is 0 Å². The first-order valence-corrected chi connectivity index (χ1v) is 11.4. The highest BCUT2D eigenvalue weighted by atomic mass is 32.1. The zero-order chi connectivity index (χ0) is 21.6. The van der Waals surface area contributed by atoms with Crippen molar-refractivity contribution in [2.75, 3.05) is 25.6 Å². The summed E-state index contributed by atoms with van der Waals surface area (Å²) in [5, 5.41) is 6.55. The van der Waals surface area contributed by atoms with Crippen LogP contribution in [0.4, 0.5) is 5.69 Å². The first-order chi connectivity index (χ1) is 14.6. The van der Waals surface area contributed by atoms with E-state index in [0.29, 0.717) is 12.6 Å². The second kappa shape index (κ2) is 10.2. The lowest BCUT2D eigenvalue weighted by molar-refractivity contribution is -0.0979. The Morgan fingerprint density at radius 2 is 1.83 bits per heavy atom. The van der Waals surface area contributed by atoms with Crippen molar-refractivity contribution >= 4 is 29.8 Å². The number of benzene rings is 1. The molecule has 1 atom stereocenters. The van der Waals surface area contributed by atoms with Crippen LogP contribution < -0.4 is 5.32 Å². The molecule has 7 heteroatoms. The molecule has 2 aliphatic carbocycles. The van der Waals surface area contributed by atoms with Crippen molar-refractivity contribution in [2.45, 2.75) is 58.0 Å². The van der Waals surface area contributed by atoms with Gasteiger partial charge in [-0.05, 0) is 74.6 Å². The van der Waals surface area contributed by atoms with Crippen molar-refractivity contribution in [3.8, 4) is 0 Å². The summed E-state index contributed by atoms with van der Waals surface area (Å²) in [5.74, 6) is 0. The number of carbonyl (C=O) groups excluding carboxylic acids is 1. The maximum absolute atomic E-state index is 8.00. The number of nitrogens with zero attached hydrogens (tertiary/aromatic N) is 2. The molecule has 5 rings (SSSR count). The van der Waals surface area contributed by atoms with Crippen LogP contribution in [0.15, 0.2) is 22.6 Å². The number of hydrogen-bond acceptors (Lipinski definition) is 7. The number of fused-ring (bicyclic) bond motifs is 2. The number of thiazole rings is 1. The molecule has 0 saturated heterocycles. The Balaban J connectivity index is 0.000000385. The first-order valence-electron chi connectivity index (χ1n) is 10.5. The molecular formula is C23H31N3O3S. The summed E-state index contributed by atoms with van der Waals surface area (Å²) in [6, 6.07) is 3.11. The second-order valence-corrected chi connectivity index (χ2v) is 8.62. The Labute approximate surface area is 182 Å². The average molecular weight is 430 g/mol. The number of anilines is 1. The Morgan fingerprint density at radius 3 is 2.37 bits per heavy atom. The molecule has 1 aliphatic heterocycles. The molecule has 0 fully saturated rings. The molecule has 2 aromatic rings. The summed E-state index contributed by atoms with van der Waals surface area (Å²) >= 11 is 1.63. The topological polar surface area (TPSA) is 72.8 Å². The third-order valence-corrected chi connectivity index (χ3v) is 6.74. The maximum atomic E-state index is 8.00. The standard InChI is InChI=1S/C19H21N3OS.C3H8O.CH2O/c1-19(17-20-8-9-24-17)11-21-18(23-19)22-16-14-6-2-4-12(14)10-13-5-3-7-15(13)16;1-3-4-2;1-2/h8-10H,2-7,11H2,1H3,(H,21,22);3H2,1-2H3;1H2. The molecule has 30 heavy (non-hydrogen) atoms. The van der Waals surface area contributed by atoms with Crippen molar-refractivity contribution in [1.82, 2.24) is 4.98 Å². The second-order valence-electron chi connectivity index (χ2n) is 7.73. The van der Waals surface area contributed by atoms with Gasteiger partial charge in [0, 0.05) is 31.0 Å². The number of aryl methyl sites for hydroxylation is 2. The number of methoxy groups -OCH3 is 1. The minimum Gasteiger partial charge on any atom is -0.449 e. The van der Waals surface area contributed by atoms with Gasteiger partial charge >= 0.3 is 0 Å². The van der Waals surface area contributed by atoms with Crippen molar-refractivity contribution in [3.63, 3.8) is 0 Å². The normalized spacial score (nSPS) is 20.7. The number of ether oxygens (including phenoxy) is 2. The quantitative estimate of drug-likeness (QED) is 0.787. The molecule has 0 radical (unpaired) electrons. The van der Waals surface area contributed by atoms with Crippen molar-refractivity contribution in [1.29, 1.82) is 0 Å². The molecule has 1 aromatic carbocycles. The van der Waals surface area contributed by atoms with E-state index in [9.17, 15) is 0 Å². The minimum atomic E-state index is -0.433. The first kappa shape index (κ1) is 22.4. The van der Waals surface area contributed by atoms with Crippen molar-refractivity contribution in [2.24, 2.45) is 4.99 Å². The summed E-state index contributed by atoms with van der Waals surface area (Å²) in [4.78, 5) is 17.1. The molecular weight excluding hydrogens is 398 g/mol. The van der Waals surface area contributed by atoms with E-state index in [1.807, 2.05) is 25.3 Å². The van der Waals surface area contributed by atoms with Gasteiger partial charge in [-0.2, -0.15) is 0 Å². The van der Waals surface area contributed by atoms with Gasteiger partial charge < -0.3 is 19.6 Å². The van der Waals surface area contributed by atoms with E-state index in [4.69, 9.17) is 9.53 Å². The van der Waals surface area contributed by atoms with Gasteiger partial charge in [-0.1, -0.05) is 6.07 Å². The van der Waals surface area contributed by atoms with E-state index in [1.54, 1.807) is 18.4 Å². The van der Waals surface area contributed by atoms with E-state index >= 15 is 0 Å². The highest BCUT2D eigenvalue weighted by Crippen LogP contribution is 2.39. The average Bonchev–Trinajstić information content (AvgIpc) is 3.56. The predicted molar refractivity (Wildman–Crippen MR) is 122 cm³/mol. The van der Waals surface area contributed by atoms with Crippen LogP contribution in [-0.4, -0.2) is 38.1 Å². The molecule has 2 heterocycles. The van der Waals surface area contributed by atoms with Gasteiger partial charge in [-0.25, -0.2) is 9.98 Å². The molecule has 1 unspecified atom stereocenters. The van der Waals surface area contributed by atoms with Crippen LogP contribution in [-0.2, 0) is 45.6 Å². The van der Waals surface area contributed by atoms with Gasteiger partial charge in [0.2, 0.25) is 0 Å².